The Kier molecular flexibility index (Phi) is 4.67. The number of carbonyl (C=O) groups is 1. The summed E-state index contributed by atoms with van der Waals surface area (Å²) < 4.78 is 13.5. The third-order valence-electron chi connectivity index (χ3n) is 2.57. The maximum absolute atomic E-state index is 13.5. The zero-order chi connectivity index (χ0) is 13.0. The molecule has 0 bridgehead atoms. The van der Waals surface area contributed by atoms with Gasteiger partial charge >= 0.3 is 0 Å². The van der Waals surface area contributed by atoms with Gasteiger partial charge in [0, 0.05) is 6.04 Å². The number of hydrogen-bond donors (Lipinski definition) is 1. The quantitative estimate of drug-likeness (QED) is 0.855. The number of hydrogen-bond acceptors (Lipinski definition) is 1. The van der Waals surface area contributed by atoms with E-state index in [1.807, 2.05) is 13.8 Å². The lowest BCUT2D eigenvalue weighted by Gasteiger charge is -2.16. The second-order valence-corrected chi connectivity index (χ2v) is 4.99. The first kappa shape index (κ1) is 13.7. The van der Waals surface area contributed by atoms with E-state index in [9.17, 15) is 9.18 Å². The van der Waals surface area contributed by atoms with Crippen LogP contribution >= 0.6 is 0 Å². The Morgan fingerprint density at radius 2 is 2.00 bits per heavy atom. The molecule has 0 heterocycles. The Balaban J connectivity index is 2.73. The first-order chi connectivity index (χ1) is 7.90. The molecular weight excluding hydrogens is 217 g/mol. The predicted molar refractivity (Wildman–Crippen MR) is 67.5 cm³/mol. The van der Waals surface area contributed by atoms with Gasteiger partial charge in [-0.1, -0.05) is 25.5 Å². The number of halogens is 1. The molecule has 1 rings (SSSR count). The summed E-state index contributed by atoms with van der Waals surface area (Å²) in [6.07, 6.45) is 0.888. The lowest BCUT2D eigenvalue weighted by atomic mass is 10.0. The van der Waals surface area contributed by atoms with Gasteiger partial charge in [-0.3, -0.25) is 4.79 Å². The zero-order valence-corrected chi connectivity index (χ0v) is 10.9. The zero-order valence-electron chi connectivity index (χ0n) is 10.9. The van der Waals surface area contributed by atoms with Crippen LogP contribution in [0, 0.1) is 18.7 Å². The van der Waals surface area contributed by atoms with E-state index in [1.54, 1.807) is 12.1 Å². The molecule has 0 aliphatic rings. The van der Waals surface area contributed by atoms with Crippen LogP contribution < -0.4 is 5.32 Å². The van der Waals surface area contributed by atoms with Crippen LogP contribution in [0.15, 0.2) is 18.2 Å². The summed E-state index contributed by atoms with van der Waals surface area (Å²) in [4.78, 5) is 11.9. The number of rotatable bonds is 4. The SMILES string of the molecule is Cc1ccc(F)c(C(=O)NC(C)CC(C)C)c1. The normalized spacial score (nSPS) is 12.6. The Labute approximate surface area is 102 Å². The summed E-state index contributed by atoms with van der Waals surface area (Å²) in [5.41, 5.74) is 1.01. The van der Waals surface area contributed by atoms with E-state index >= 15 is 0 Å². The van der Waals surface area contributed by atoms with Gasteiger partial charge in [0.15, 0.2) is 0 Å². The maximum atomic E-state index is 13.5. The van der Waals surface area contributed by atoms with Gasteiger partial charge < -0.3 is 5.32 Å². The van der Waals surface area contributed by atoms with Crippen molar-refractivity contribution < 1.29 is 9.18 Å². The van der Waals surface area contributed by atoms with E-state index in [2.05, 4.69) is 19.2 Å². The molecule has 0 saturated heterocycles. The van der Waals surface area contributed by atoms with E-state index in [-0.39, 0.29) is 17.5 Å². The van der Waals surface area contributed by atoms with Crippen molar-refractivity contribution in [2.75, 3.05) is 0 Å². The number of carbonyl (C=O) groups excluding carboxylic acids is 1. The molecule has 0 aliphatic carbocycles. The third kappa shape index (κ3) is 4.17. The molecule has 0 aliphatic heterocycles. The maximum Gasteiger partial charge on any atom is 0.254 e. The monoisotopic (exact) mass is 237 g/mol. The highest BCUT2D eigenvalue weighted by Gasteiger charge is 2.14. The van der Waals surface area contributed by atoms with Crippen molar-refractivity contribution in [1.82, 2.24) is 5.32 Å². The predicted octanol–water partition coefficient (Wildman–Crippen LogP) is 3.30. The summed E-state index contributed by atoms with van der Waals surface area (Å²) in [6.45, 7) is 7.96. The molecule has 2 nitrogen and oxygen atoms in total. The Morgan fingerprint density at radius 1 is 1.35 bits per heavy atom. The molecule has 1 aromatic carbocycles. The van der Waals surface area contributed by atoms with Crippen LogP contribution in [0.5, 0.6) is 0 Å². The molecule has 1 unspecified atom stereocenters. The van der Waals surface area contributed by atoms with Gasteiger partial charge in [0.1, 0.15) is 5.82 Å². The minimum absolute atomic E-state index is 0.0578. The Morgan fingerprint density at radius 3 is 2.59 bits per heavy atom. The standard InChI is InChI=1S/C14H20FNO/c1-9(2)7-11(4)16-14(17)12-8-10(3)5-6-13(12)15/h5-6,8-9,11H,7H2,1-4H3,(H,16,17). The van der Waals surface area contributed by atoms with Gasteiger partial charge in [-0.15, -0.1) is 0 Å². The molecule has 3 heteroatoms. The first-order valence-electron chi connectivity index (χ1n) is 5.97. The highest BCUT2D eigenvalue weighted by atomic mass is 19.1. The smallest absolute Gasteiger partial charge is 0.254 e. The van der Waals surface area contributed by atoms with Crippen molar-refractivity contribution in [1.29, 1.82) is 0 Å². The highest BCUT2D eigenvalue weighted by Crippen LogP contribution is 2.11. The van der Waals surface area contributed by atoms with E-state index < -0.39 is 5.82 Å². The van der Waals surface area contributed by atoms with Gasteiger partial charge in [-0.25, -0.2) is 4.39 Å². The summed E-state index contributed by atoms with van der Waals surface area (Å²) in [5.74, 6) is -0.295. The van der Waals surface area contributed by atoms with Crippen molar-refractivity contribution in [2.24, 2.45) is 5.92 Å². The van der Waals surface area contributed by atoms with Crippen LogP contribution in [0.2, 0.25) is 0 Å². The lowest BCUT2D eigenvalue weighted by Crippen LogP contribution is -2.34. The second-order valence-electron chi connectivity index (χ2n) is 4.99. The molecule has 17 heavy (non-hydrogen) atoms. The molecule has 94 valence electrons. The van der Waals surface area contributed by atoms with Crippen LogP contribution in [0.1, 0.15) is 43.1 Å². The number of nitrogens with one attached hydrogen (secondary N) is 1. The van der Waals surface area contributed by atoms with Crippen LogP contribution in [-0.4, -0.2) is 11.9 Å². The molecule has 1 aromatic rings. The van der Waals surface area contributed by atoms with Crippen LogP contribution in [0.4, 0.5) is 4.39 Å². The highest BCUT2D eigenvalue weighted by molar-refractivity contribution is 5.94. The van der Waals surface area contributed by atoms with Gasteiger partial charge in [0.2, 0.25) is 0 Å². The van der Waals surface area contributed by atoms with E-state index in [4.69, 9.17) is 0 Å². The summed E-state index contributed by atoms with van der Waals surface area (Å²) in [5, 5.41) is 2.82. The minimum atomic E-state index is -0.468. The Bertz CT molecular complexity index is 401. The summed E-state index contributed by atoms with van der Waals surface area (Å²) in [7, 11) is 0. The van der Waals surface area contributed by atoms with Crippen molar-refractivity contribution in [3.8, 4) is 0 Å². The average Bonchev–Trinajstić information content (AvgIpc) is 2.20. The van der Waals surface area contributed by atoms with E-state index in [0.717, 1.165) is 12.0 Å². The molecule has 0 spiro atoms. The number of amides is 1. The summed E-state index contributed by atoms with van der Waals surface area (Å²) in [6, 6.07) is 4.62. The minimum Gasteiger partial charge on any atom is -0.349 e. The third-order valence-corrected chi connectivity index (χ3v) is 2.57. The largest absolute Gasteiger partial charge is 0.349 e. The fraction of sp³-hybridized carbons (Fsp3) is 0.500. The number of aryl methyl sites for hydroxylation is 1. The van der Waals surface area contributed by atoms with Crippen LogP contribution in [0.3, 0.4) is 0 Å². The van der Waals surface area contributed by atoms with Crippen molar-refractivity contribution in [2.45, 2.75) is 40.2 Å². The lowest BCUT2D eigenvalue weighted by molar-refractivity contribution is 0.0932. The van der Waals surface area contributed by atoms with Gasteiger partial charge in [0.05, 0.1) is 5.56 Å². The fourth-order valence-corrected chi connectivity index (χ4v) is 1.88. The molecule has 0 aromatic heterocycles. The molecule has 1 atom stereocenters. The molecule has 1 amide bonds. The number of benzene rings is 1. The average molecular weight is 237 g/mol. The van der Waals surface area contributed by atoms with Gasteiger partial charge in [0.25, 0.3) is 5.91 Å². The molecule has 0 saturated carbocycles. The fourth-order valence-electron chi connectivity index (χ4n) is 1.88. The second kappa shape index (κ2) is 5.80. The van der Waals surface area contributed by atoms with Crippen molar-refractivity contribution in [3.63, 3.8) is 0 Å². The topological polar surface area (TPSA) is 29.1 Å². The summed E-state index contributed by atoms with van der Waals surface area (Å²) >= 11 is 0. The van der Waals surface area contributed by atoms with Gasteiger partial charge in [-0.05, 0) is 38.3 Å². The Hall–Kier alpha value is -1.38. The molecule has 1 N–H and O–H groups in total. The molecular formula is C14H20FNO. The molecule has 0 radical (unpaired) electrons. The van der Waals surface area contributed by atoms with Crippen LogP contribution in [-0.2, 0) is 0 Å². The van der Waals surface area contributed by atoms with Crippen molar-refractivity contribution >= 4 is 5.91 Å². The van der Waals surface area contributed by atoms with Crippen LogP contribution in [0.25, 0.3) is 0 Å². The van der Waals surface area contributed by atoms with Crippen molar-refractivity contribution in [3.05, 3.63) is 35.1 Å². The van der Waals surface area contributed by atoms with E-state index in [1.165, 1.54) is 6.07 Å². The van der Waals surface area contributed by atoms with Gasteiger partial charge in [-0.2, -0.15) is 0 Å². The first-order valence-corrected chi connectivity index (χ1v) is 5.97. The van der Waals surface area contributed by atoms with E-state index in [0.29, 0.717) is 5.92 Å². The molecule has 0 fully saturated rings.